The molecular weight excluding hydrogens is 674 g/mol. The van der Waals surface area contributed by atoms with Crippen LogP contribution in [0, 0.1) is 0 Å². The van der Waals surface area contributed by atoms with E-state index in [1.165, 1.54) is 14.0 Å². The SMILES string of the molecule is CN[C@@H]1[C@H](O[C@H]2[C@H](O[C@@]3(c4c(N)ccc(C(=O)O)c4O)[C@H](O)[C@@H](O)[C@H](N=CN)[C@@H](O)[C@@H]3N=C(N)N)O[C@@H](C)[C@]2(O)C=O)O[C@@H](CO)[C@H](O)[C@H]1O. The second kappa shape index (κ2) is 14.8. The number of phenols is 1. The third-order valence-corrected chi connectivity index (χ3v) is 9.29. The number of aliphatic hydroxyl groups is 7. The summed E-state index contributed by atoms with van der Waals surface area (Å²) in [5, 5.41) is 101. The molecule has 18 N–H and O–H groups in total. The van der Waals surface area contributed by atoms with Gasteiger partial charge in [0.05, 0.1) is 30.7 Å². The van der Waals surface area contributed by atoms with Crippen LogP contribution in [0.3, 0.4) is 0 Å². The lowest BCUT2D eigenvalue weighted by atomic mass is 9.67. The summed E-state index contributed by atoms with van der Waals surface area (Å²) in [6, 6.07) is -3.12. The molecule has 50 heavy (non-hydrogen) atoms. The zero-order valence-corrected chi connectivity index (χ0v) is 26.7. The van der Waals surface area contributed by atoms with Crippen molar-refractivity contribution in [2.45, 2.75) is 97.7 Å². The van der Waals surface area contributed by atoms with Crippen LogP contribution in [0.15, 0.2) is 22.1 Å². The topological polar surface area (TPSA) is 394 Å². The summed E-state index contributed by atoms with van der Waals surface area (Å²) in [5.74, 6) is -3.60. The average molecular weight is 718 g/mol. The zero-order chi connectivity index (χ0) is 37.5. The highest BCUT2D eigenvalue weighted by atomic mass is 16.8. The number of aromatic hydroxyl groups is 1. The third kappa shape index (κ3) is 6.33. The summed E-state index contributed by atoms with van der Waals surface area (Å²) in [6.07, 6.45) is -18.0. The number of aliphatic imine (C=N–C) groups is 2. The number of nitrogens with zero attached hydrogens (tertiary/aromatic N) is 2. The van der Waals surface area contributed by atoms with Crippen LogP contribution in [-0.2, 0) is 29.3 Å². The first-order valence-electron chi connectivity index (χ1n) is 15.1. The van der Waals surface area contributed by atoms with Crippen molar-refractivity contribution < 1.29 is 74.5 Å². The Morgan fingerprint density at radius 1 is 1.08 bits per heavy atom. The van der Waals surface area contributed by atoms with Crippen LogP contribution < -0.4 is 28.3 Å². The van der Waals surface area contributed by atoms with E-state index in [-0.39, 0.29) is 6.29 Å². The van der Waals surface area contributed by atoms with Gasteiger partial charge in [0.15, 0.2) is 36.0 Å². The Balaban J connectivity index is 1.99. The Labute approximate surface area is 283 Å². The molecule has 3 aliphatic rings. The molecule has 2 saturated heterocycles. The van der Waals surface area contributed by atoms with Crippen molar-refractivity contribution in [3.63, 3.8) is 0 Å². The number of nitrogens with two attached hydrogens (primary N) is 4. The van der Waals surface area contributed by atoms with Gasteiger partial charge in [-0.2, -0.15) is 0 Å². The monoisotopic (exact) mass is 717 g/mol. The molecule has 280 valence electrons. The van der Waals surface area contributed by atoms with Gasteiger partial charge < -0.3 is 93.2 Å². The van der Waals surface area contributed by atoms with Gasteiger partial charge in [-0.05, 0) is 26.1 Å². The molecule has 22 nitrogen and oxygen atoms in total. The average Bonchev–Trinajstić information content (AvgIpc) is 3.29. The van der Waals surface area contributed by atoms with Gasteiger partial charge in [-0.3, -0.25) is 9.79 Å². The fraction of sp³-hybridized carbons (Fsp3) is 0.643. The van der Waals surface area contributed by atoms with E-state index in [2.05, 4.69) is 15.3 Å². The highest BCUT2D eigenvalue weighted by Crippen LogP contribution is 2.52. The number of carboxylic acids is 1. The van der Waals surface area contributed by atoms with Crippen molar-refractivity contribution in [2.75, 3.05) is 19.4 Å². The third-order valence-electron chi connectivity index (χ3n) is 9.29. The van der Waals surface area contributed by atoms with Crippen molar-refractivity contribution >= 4 is 30.2 Å². The molecule has 1 aliphatic carbocycles. The number of anilines is 1. The number of guanidine groups is 1. The highest BCUT2D eigenvalue weighted by Gasteiger charge is 2.67. The molecule has 1 aromatic carbocycles. The van der Waals surface area contributed by atoms with Crippen molar-refractivity contribution in [1.82, 2.24) is 5.32 Å². The number of nitrogens with one attached hydrogen (secondary N) is 1. The van der Waals surface area contributed by atoms with Gasteiger partial charge in [-0.25, -0.2) is 9.79 Å². The summed E-state index contributed by atoms with van der Waals surface area (Å²) < 4.78 is 23.7. The Kier molecular flexibility index (Phi) is 11.6. The lowest BCUT2D eigenvalue weighted by Gasteiger charge is -2.52. The van der Waals surface area contributed by atoms with Gasteiger partial charge in [0.25, 0.3) is 0 Å². The van der Waals surface area contributed by atoms with E-state index in [0.717, 1.165) is 12.1 Å². The summed E-state index contributed by atoms with van der Waals surface area (Å²) in [5.41, 5.74) is 15.4. The Hall–Kier alpha value is -3.78. The molecule has 3 fully saturated rings. The minimum Gasteiger partial charge on any atom is -0.507 e. The number of aromatic carboxylic acids is 1. The van der Waals surface area contributed by atoms with Crippen LogP contribution in [-0.4, -0.2) is 169 Å². The molecule has 0 spiro atoms. The molecule has 4 rings (SSSR count). The minimum atomic E-state index is -2.94. The van der Waals surface area contributed by atoms with Gasteiger partial charge in [0.2, 0.25) is 0 Å². The van der Waals surface area contributed by atoms with E-state index in [1.54, 1.807) is 0 Å². The van der Waals surface area contributed by atoms with Gasteiger partial charge in [-0.15, -0.1) is 0 Å². The molecule has 2 heterocycles. The first-order chi connectivity index (χ1) is 23.5. The first kappa shape index (κ1) is 39.0. The van der Waals surface area contributed by atoms with Gasteiger partial charge in [-0.1, -0.05) is 0 Å². The number of ether oxygens (including phenoxy) is 4. The minimum absolute atomic E-state index is 0.0295. The van der Waals surface area contributed by atoms with Crippen LogP contribution >= 0.6 is 0 Å². The largest absolute Gasteiger partial charge is 0.507 e. The van der Waals surface area contributed by atoms with E-state index in [4.69, 9.17) is 41.9 Å². The highest BCUT2D eigenvalue weighted by molar-refractivity contribution is 5.92. The maximum Gasteiger partial charge on any atom is 0.339 e. The summed E-state index contributed by atoms with van der Waals surface area (Å²) in [6.45, 7) is 0.407. The van der Waals surface area contributed by atoms with E-state index < -0.39 is 132 Å². The number of benzene rings is 1. The van der Waals surface area contributed by atoms with Crippen LogP contribution in [0.4, 0.5) is 5.69 Å². The van der Waals surface area contributed by atoms with Crippen LogP contribution in [0.5, 0.6) is 5.75 Å². The Morgan fingerprint density at radius 2 is 1.74 bits per heavy atom. The van der Waals surface area contributed by atoms with Crippen molar-refractivity contribution in [3.8, 4) is 5.75 Å². The number of likely N-dealkylation sites (N-methyl/N-ethyl adjacent to an activating group) is 1. The number of rotatable bonds is 11. The van der Waals surface area contributed by atoms with E-state index in [9.17, 15) is 55.5 Å². The quantitative estimate of drug-likeness (QED) is 0.0437. The number of hydrogen-bond acceptors (Lipinski definition) is 18. The molecule has 0 aromatic heterocycles. The number of hydrogen-bond donors (Lipinski definition) is 14. The lowest BCUT2D eigenvalue weighted by molar-refractivity contribution is -0.331. The number of carbonyl (C=O) groups excluding carboxylic acids is 1. The fourth-order valence-corrected chi connectivity index (χ4v) is 6.65. The van der Waals surface area contributed by atoms with Gasteiger partial charge >= 0.3 is 5.97 Å². The van der Waals surface area contributed by atoms with Crippen LogP contribution in [0.25, 0.3) is 0 Å². The van der Waals surface area contributed by atoms with Gasteiger partial charge in [0, 0.05) is 5.69 Å². The number of carbonyl (C=O) groups is 2. The fourth-order valence-electron chi connectivity index (χ4n) is 6.65. The zero-order valence-electron chi connectivity index (χ0n) is 26.7. The lowest BCUT2D eigenvalue weighted by Crippen LogP contribution is -2.71. The van der Waals surface area contributed by atoms with E-state index in [0.29, 0.717) is 6.34 Å². The summed E-state index contributed by atoms with van der Waals surface area (Å²) in [7, 11) is 1.35. The predicted octanol–water partition coefficient (Wildman–Crippen LogP) is -6.93. The van der Waals surface area contributed by atoms with Crippen molar-refractivity contribution in [1.29, 1.82) is 0 Å². The molecule has 1 aromatic rings. The molecule has 0 amide bonds. The molecule has 2 aliphatic heterocycles. The molecule has 22 heteroatoms. The smallest absolute Gasteiger partial charge is 0.339 e. The molecule has 0 unspecified atom stereocenters. The molecule has 0 bridgehead atoms. The van der Waals surface area contributed by atoms with Crippen LogP contribution in [0.2, 0.25) is 0 Å². The number of aliphatic hydroxyl groups excluding tert-OH is 6. The predicted molar refractivity (Wildman–Crippen MR) is 167 cm³/mol. The number of carboxylic acid groups (broad SMARTS) is 1. The Morgan fingerprint density at radius 3 is 2.28 bits per heavy atom. The molecule has 15 atom stereocenters. The normalized spacial score (nSPS) is 42.0. The maximum absolute atomic E-state index is 12.5. The van der Waals surface area contributed by atoms with Crippen LogP contribution in [0.1, 0.15) is 22.8 Å². The van der Waals surface area contributed by atoms with Crippen molar-refractivity contribution in [2.24, 2.45) is 27.2 Å². The van der Waals surface area contributed by atoms with E-state index >= 15 is 0 Å². The summed E-state index contributed by atoms with van der Waals surface area (Å²) >= 11 is 0. The second-order valence-electron chi connectivity index (χ2n) is 12.1. The maximum atomic E-state index is 12.5. The number of aldehydes is 1. The standard InChI is InChI=1S/C28H43N7O15/c1-8-27(46,6-37)22(49-24-14(33-2)17(40)16(39)11(5-36)48-24)25(47-8)50-28(12-10(30)4-3-9(15(12)38)23(44)45)20(35-26(31)32)18(41)13(34-7-29)19(42)21(28)43/h3-4,6-8,11,13-14,16-22,24-25,33,36,38-43,46H,5,30H2,1-2H3,(H2,29,34)(H,44,45)(H4,31,32,35)/t8-,11-,13+,14-,16-,17-,18+,19-,20-,21+,22-,24-,25-,27+,28+/m0/s1. The molecular formula is C28H43N7O15. The first-order valence-corrected chi connectivity index (χ1v) is 15.1. The van der Waals surface area contributed by atoms with E-state index in [1.807, 2.05) is 0 Å². The Bertz CT molecular complexity index is 1470. The second-order valence-corrected chi connectivity index (χ2v) is 12.1. The van der Waals surface area contributed by atoms with Crippen molar-refractivity contribution in [3.05, 3.63) is 23.3 Å². The molecule has 0 radical (unpaired) electrons. The summed E-state index contributed by atoms with van der Waals surface area (Å²) in [4.78, 5) is 32.4. The number of nitrogen functional groups attached to an aromatic ring is 1. The molecule has 1 saturated carbocycles. The van der Waals surface area contributed by atoms with Gasteiger partial charge in [0.1, 0.15) is 66.1 Å².